The lowest BCUT2D eigenvalue weighted by Crippen LogP contribution is -2.44. The van der Waals surface area contributed by atoms with Gasteiger partial charge in [-0.3, -0.25) is 4.79 Å². The van der Waals surface area contributed by atoms with Crippen LogP contribution in [0.5, 0.6) is 0 Å². The summed E-state index contributed by atoms with van der Waals surface area (Å²) in [4.78, 5) is 14.6. The highest BCUT2D eigenvalue weighted by atomic mass is 35.5. The smallest absolute Gasteiger partial charge is 0.256 e. The molecular weight excluding hydrogens is 315 g/mol. The minimum Gasteiger partial charge on any atom is -0.336 e. The molecule has 1 fully saturated rings. The van der Waals surface area contributed by atoms with Crippen LogP contribution >= 0.6 is 34.5 Å². The fourth-order valence-electron chi connectivity index (χ4n) is 2.53. The summed E-state index contributed by atoms with van der Waals surface area (Å²) in [7, 11) is 0. The SMILES string of the molecule is CC(C)N(CC1CCCNC1)C(=O)c1cc(Cl)sc1Cl. The number of hydrogen-bond acceptors (Lipinski definition) is 3. The normalized spacial score (nSPS) is 19.4. The van der Waals surface area contributed by atoms with Crippen molar-refractivity contribution in [1.82, 2.24) is 10.2 Å². The molecule has 1 saturated heterocycles. The number of piperidine rings is 1. The summed E-state index contributed by atoms with van der Waals surface area (Å²) in [5, 5.41) is 3.39. The molecule has 1 amide bonds. The first-order valence-electron chi connectivity index (χ1n) is 6.95. The summed E-state index contributed by atoms with van der Waals surface area (Å²) in [6.07, 6.45) is 2.34. The lowest BCUT2D eigenvalue weighted by atomic mass is 9.98. The molecular formula is C14H20Cl2N2OS. The minimum atomic E-state index is -0.0151. The van der Waals surface area contributed by atoms with Gasteiger partial charge in [0.25, 0.3) is 5.91 Å². The van der Waals surface area contributed by atoms with Crippen LogP contribution < -0.4 is 5.32 Å². The first-order valence-corrected chi connectivity index (χ1v) is 8.52. The Morgan fingerprint density at radius 1 is 1.55 bits per heavy atom. The zero-order valence-corrected chi connectivity index (χ0v) is 14.1. The summed E-state index contributed by atoms with van der Waals surface area (Å²) in [6, 6.07) is 1.82. The number of carbonyl (C=O) groups excluding carboxylic acids is 1. The molecule has 0 bridgehead atoms. The van der Waals surface area contributed by atoms with E-state index in [1.54, 1.807) is 6.07 Å². The number of carbonyl (C=O) groups is 1. The molecule has 1 unspecified atom stereocenters. The van der Waals surface area contributed by atoms with Gasteiger partial charge in [0.15, 0.2) is 0 Å². The van der Waals surface area contributed by atoms with E-state index in [0.717, 1.165) is 19.6 Å². The molecule has 1 aliphatic rings. The molecule has 20 heavy (non-hydrogen) atoms. The Labute approximate surface area is 134 Å². The predicted octanol–water partition coefficient (Wildman–Crippen LogP) is 3.91. The second-order valence-electron chi connectivity index (χ2n) is 5.50. The fraction of sp³-hybridized carbons (Fsp3) is 0.643. The fourth-order valence-corrected chi connectivity index (χ4v) is 3.97. The second-order valence-corrected chi connectivity index (χ2v) is 7.79. The van der Waals surface area contributed by atoms with Gasteiger partial charge in [0.1, 0.15) is 4.34 Å². The Hall–Kier alpha value is -0.290. The highest BCUT2D eigenvalue weighted by Gasteiger charge is 2.26. The lowest BCUT2D eigenvalue weighted by Gasteiger charge is -2.32. The number of nitrogens with zero attached hydrogens (tertiary/aromatic N) is 1. The molecule has 0 aromatic carbocycles. The number of thiophene rings is 1. The molecule has 1 aromatic heterocycles. The predicted molar refractivity (Wildman–Crippen MR) is 86.1 cm³/mol. The Morgan fingerprint density at radius 2 is 2.30 bits per heavy atom. The maximum Gasteiger partial charge on any atom is 0.256 e. The molecule has 0 saturated carbocycles. The highest BCUT2D eigenvalue weighted by molar-refractivity contribution is 7.20. The van der Waals surface area contributed by atoms with Gasteiger partial charge in [-0.25, -0.2) is 0 Å². The third kappa shape index (κ3) is 3.88. The van der Waals surface area contributed by atoms with E-state index in [-0.39, 0.29) is 11.9 Å². The van der Waals surface area contributed by atoms with Crippen LogP contribution in [0.15, 0.2) is 6.07 Å². The number of rotatable bonds is 4. The number of amides is 1. The van der Waals surface area contributed by atoms with Crippen molar-refractivity contribution in [2.75, 3.05) is 19.6 Å². The molecule has 3 nitrogen and oxygen atoms in total. The molecule has 112 valence electrons. The van der Waals surface area contributed by atoms with Crippen molar-refractivity contribution in [3.63, 3.8) is 0 Å². The number of nitrogens with one attached hydrogen (secondary N) is 1. The molecule has 1 atom stereocenters. The van der Waals surface area contributed by atoms with E-state index in [1.165, 1.54) is 24.2 Å². The van der Waals surface area contributed by atoms with Crippen molar-refractivity contribution >= 4 is 40.4 Å². The van der Waals surface area contributed by atoms with Gasteiger partial charge in [0.05, 0.1) is 9.90 Å². The third-order valence-corrected chi connectivity index (χ3v) is 5.11. The summed E-state index contributed by atoms with van der Waals surface area (Å²) >= 11 is 13.3. The largest absolute Gasteiger partial charge is 0.336 e. The maximum atomic E-state index is 12.7. The zero-order valence-electron chi connectivity index (χ0n) is 11.8. The van der Waals surface area contributed by atoms with E-state index in [4.69, 9.17) is 23.2 Å². The van der Waals surface area contributed by atoms with Crippen molar-refractivity contribution < 1.29 is 4.79 Å². The van der Waals surface area contributed by atoms with Crippen LogP contribution in [0.3, 0.4) is 0 Å². The van der Waals surface area contributed by atoms with Crippen LogP contribution in [0.4, 0.5) is 0 Å². The Kier molecular flexibility index (Phi) is 5.73. The van der Waals surface area contributed by atoms with E-state index < -0.39 is 0 Å². The summed E-state index contributed by atoms with van der Waals surface area (Å²) in [6.45, 7) is 6.91. The second kappa shape index (κ2) is 7.12. The van der Waals surface area contributed by atoms with Crippen LogP contribution in [0.25, 0.3) is 0 Å². The zero-order chi connectivity index (χ0) is 14.7. The Morgan fingerprint density at radius 3 is 2.80 bits per heavy atom. The Bertz CT molecular complexity index is 470. The molecule has 2 heterocycles. The van der Waals surface area contributed by atoms with Crippen LogP contribution in [-0.4, -0.2) is 36.5 Å². The number of halogens is 2. The molecule has 1 N–H and O–H groups in total. The van der Waals surface area contributed by atoms with Crippen LogP contribution in [0, 0.1) is 5.92 Å². The molecule has 6 heteroatoms. The quantitative estimate of drug-likeness (QED) is 0.905. The first-order chi connectivity index (χ1) is 9.49. The molecule has 1 aliphatic heterocycles. The summed E-state index contributed by atoms with van der Waals surface area (Å²) < 4.78 is 1.04. The number of hydrogen-bond donors (Lipinski definition) is 1. The molecule has 1 aromatic rings. The van der Waals surface area contributed by atoms with E-state index in [0.29, 0.717) is 20.2 Å². The van der Waals surface area contributed by atoms with E-state index in [1.807, 2.05) is 18.7 Å². The topological polar surface area (TPSA) is 32.3 Å². The first kappa shape index (κ1) is 16.1. The van der Waals surface area contributed by atoms with Crippen LogP contribution in [0.1, 0.15) is 37.0 Å². The lowest BCUT2D eigenvalue weighted by molar-refractivity contribution is 0.0661. The van der Waals surface area contributed by atoms with Crippen molar-refractivity contribution in [1.29, 1.82) is 0 Å². The van der Waals surface area contributed by atoms with Crippen molar-refractivity contribution in [3.8, 4) is 0 Å². The van der Waals surface area contributed by atoms with Gasteiger partial charge in [-0.15, -0.1) is 11.3 Å². The van der Waals surface area contributed by atoms with Gasteiger partial charge in [-0.05, 0) is 51.8 Å². The van der Waals surface area contributed by atoms with Gasteiger partial charge in [-0.1, -0.05) is 23.2 Å². The summed E-state index contributed by atoms with van der Waals surface area (Å²) in [5.74, 6) is 0.502. The average molecular weight is 335 g/mol. The van der Waals surface area contributed by atoms with Crippen molar-refractivity contribution in [3.05, 3.63) is 20.3 Å². The van der Waals surface area contributed by atoms with Gasteiger partial charge >= 0.3 is 0 Å². The van der Waals surface area contributed by atoms with Gasteiger partial charge in [0, 0.05) is 12.6 Å². The molecule has 0 radical (unpaired) electrons. The van der Waals surface area contributed by atoms with Crippen LogP contribution in [0.2, 0.25) is 8.67 Å². The van der Waals surface area contributed by atoms with Crippen molar-refractivity contribution in [2.24, 2.45) is 5.92 Å². The molecule has 2 rings (SSSR count). The highest BCUT2D eigenvalue weighted by Crippen LogP contribution is 2.32. The van der Waals surface area contributed by atoms with Crippen molar-refractivity contribution in [2.45, 2.75) is 32.7 Å². The molecule has 0 spiro atoms. The van der Waals surface area contributed by atoms with E-state index in [2.05, 4.69) is 5.32 Å². The van der Waals surface area contributed by atoms with Gasteiger partial charge < -0.3 is 10.2 Å². The van der Waals surface area contributed by atoms with Gasteiger partial charge in [-0.2, -0.15) is 0 Å². The van der Waals surface area contributed by atoms with E-state index >= 15 is 0 Å². The monoisotopic (exact) mass is 334 g/mol. The minimum absolute atomic E-state index is 0.0151. The Balaban J connectivity index is 2.11. The van der Waals surface area contributed by atoms with Gasteiger partial charge in [0.2, 0.25) is 0 Å². The molecule has 0 aliphatic carbocycles. The third-order valence-electron chi connectivity index (χ3n) is 3.63. The maximum absolute atomic E-state index is 12.7. The standard InChI is InChI=1S/C14H20Cl2N2OS/c1-9(2)18(8-10-4-3-5-17-7-10)14(19)11-6-12(15)20-13(11)16/h6,9-10,17H,3-5,7-8H2,1-2H3. The van der Waals surface area contributed by atoms with Crippen LogP contribution in [-0.2, 0) is 0 Å². The summed E-state index contributed by atoms with van der Waals surface area (Å²) in [5.41, 5.74) is 0.527. The van der Waals surface area contributed by atoms with E-state index in [9.17, 15) is 4.79 Å². The average Bonchev–Trinajstić information content (AvgIpc) is 2.75.